The van der Waals surface area contributed by atoms with E-state index in [1.54, 1.807) is 37.3 Å². The summed E-state index contributed by atoms with van der Waals surface area (Å²) in [5.74, 6) is -2.21. The molecule has 0 bridgehead atoms. The third-order valence-electron chi connectivity index (χ3n) is 4.46. The highest BCUT2D eigenvalue weighted by Gasteiger charge is 2.37. The van der Waals surface area contributed by atoms with Crippen LogP contribution < -0.4 is 0 Å². The van der Waals surface area contributed by atoms with Gasteiger partial charge in [0.15, 0.2) is 0 Å². The van der Waals surface area contributed by atoms with Crippen molar-refractivity contribution in [2.24, 2.45) is 0 Å². The second-order valence-electron chi connectivity index (χ2n) is 6.42. The predicted molar refractivity (Wildman–Crippen MR) is 99.1 cm³/mol. The number of amides is 1. The van der Waals surface area contributed by atoms with Crippen LogP contribution >= 0.6 is 0 Å². The van der Waals surface area contributed by atoms with E-state index in [1.165, 1.54) is 11.8 Å². The van der Waals surface area contributed by atoms with Gasteiger partial charge in [0.2, 0.25) is 5.91 Å². The van der Waals surface area contributed by atoms with Crippen LogP contribution in [-0.4, -0.2) is 23.3 Å². The Labute approximate surface area is 166 Å². The molecule has 8 heteroatoms. The molecule has 156 valence electrons. The molecule has 0 fully saturated rings. The van der Waals surface area contributed by atoms with Crippen molar-refractivity contribution in [1.29, 1.82) is 0 Å². The zero-order valence-electron chi connectivity index (χ0n) is 16.3. The van der Waals surface area contributed by atoms with E-state index in [0.717, 1.165) is 6.92 Å². The SMILES string of the molecule is CCN(Cc1c(COC(C)=O)c(C(F)(F)F)cc(F)c1-c1ccccc1)C(C)=O. The van der Waals surface area contributed by atoms with Crippen molar-refractivity contribution in [1.82, 2.24) is 4.90 Å². The van der Waals surface area contributed by atoms with Gasteiger partial charge >= 0.3 is 12.1 Å². The van der Waals surface area contributed by atoms with E-state index in [4.69, 9.17) is 4.74 Å². The van der Waals surface area contributed by atoms with E-state index in [0.29, 0.717) is 11.6 Å². The molecule has 0 aliphatic carbocycles. The molecule has 1 amide bonds. The van der Waals surface area contributed by atoms with Crippen LogP contribution in [0.2, 0.25) is 0 Å². The van der Waals surface area contributed by atoms with Crippen molar-refractivity contribution in [3.63, 3.8) is 0 Å². The number of halogens is 4. The second-order valence-corrected chi connectivity index (χ2v) is 6.42. The van der Waals surface area contributed by atoms with Gasteiger partial charge in [0, 0.05) is 38.1 Å². The maximum atomic E-state index is 14.9. The number of benzene rings is 2. The molecule has 2 aromatic rings. The summed E-state index contributed by atoms with van der Waals surface area (Å²) >= 11 is 0. The highest BCUT2D eigenvalue weighted by atomic mass is 19.4. The van der Waals surface area contributed by atoms with Crippen molar-refractivity contribution >= 4 is 11.9 Å². The van der Waals surface area contributed by atoms with Gasteiger partial charge in [-0.2, -0.15) is 13.2 Å². The third-order valence-corrected chi connectivity index (χ3v) is 4.46. The highest BCUT2D eigenvalue weighted by molar-refractivity contribution is 5.75. The lowest BCUT2D eigenvalue weighted by atomic mass is 9.90. The summed E-state index contributed by atoms with van der Waals surface area (Å²) in [6, 6.07) is 8.49. The fraction of sp³-hybridized carbons (Fsp3) is 0.333. The van der Waals surface area contributed by atoms with Crippen molar-refractivity contribution in [3.05, 3.63) is 58.9 Å². The quantitative estimate of drug-likeness (QED) is 0.500. The van der Waals surface area contributed by atoms with Gasteiger partial charge in [-0.25, -0.2) is 4.39 Å². The van der Waals surface area contributed by atoms with Crippen molar-refractivity contribution in [2.45, 2.75) is 40.1 Å². The predicted octanol–water partition coefficient (Wildman–Crippen LogP) is 4.94. The molecule has 0 N–H and O–H groups in total. The Bertz CT molecular complexity index is 895. The zero-order valence-corrected chi connectivity index (χ0v) is 16.3. The summed E-state index contributed by atoms with van der Waals surface area (Å²) < 4.78 is 60.8. The minimum Gasteiger partial charge on any atom is -0.461 e. The lowest BCUT2D eigenvalue weighted by Crippen LogP contribution is -2.29. The summed E-state index contributed by atoms with van der Waals surface area (Å²) in [5, 5.41) is 0. The molecule has 0 unspecified atom stereocenters. The third kappa shape index (κ3) is 5.34. The van der Waals surface area contributed by atoms with Crippen LogP contribution in [0.25, 0.3) is 11.1 Å². The van der Waals surface area contributed by atoms with Crippen LogP contribution in [0.3, 0.4) is 0 Å². The van der Waals surface area contributed by atoms with Gasteiger partial charge < -0.3 is 9.64 Å². The molecule has 2 rings (SSSR count). The van der Waals surface area contributed by atoms with Crippen LogP contribution in [0, 0.1) is 5.82 Å². The average Bonchev–Trinajstić information content (AvgIpc) is 2.64. The molecule has 0 radical (unpaired) electrons. The fourth-order valence-electron chi connectivity index (χ4n) is 3.06. The molecule has 0 heterocycles. The fourth-order valence-corrected chi connectivity index (χ4v) is 3.06. The average molecular weight is 411 g/mol. The number of ether oxygens (including phenoxy) is 1. The topological polar surface area (TPSA) is 46.6 Å². The first-order valence-corrected chi connectivity index (χ1v) is 8.92. The van der Waals surface area contributed by atoms with E-state index in [-0.39, 0.29) is 35.7 Å². The van der Waals surface area contributed by atoms with E-state index in [9.17, 15) is 27.2 Å². The smallest absolute Gasteiger partial charge is 0.416 e. The first-order valence-electron chi connectivity index (χ1n) is 8.92. The minimum absolute atomic E-state index is 0.0400. The number of nitrogens with zero attached hydrogens (tertiary/aromatic N) is 1. The van der Waals surface area contributed by atoms with Crippen molar-refractivity contribution in [2.75, 3.05) is 6.54 Å². The van der Waals surface area contributed by atoms with Gasteiger partial charge in [0.05, 0.1) is 5.56 Å². The van der Waals surface area contributed by atoms with E-state index in [1.807, 2.05) is 0 Å². The molecule has 0 atom stereocenters. The Morgan fingerprint density at radius 3 is 2.17 bits per heavy atom. The van der Waals surface area contributed by atoms with Gasteiger partial charge in [-0.05, 0) is 24.1 Å². The molecule has 0 saturated carbocycles. The Morgan fingerprint density at radius 2 is 1.69 bits per heavy atom. The van der Waals surface area contributed by atoms with Gasteiger partial charge in [-0.1, -0.05) is 30.3 Å². The van der Waals surface area contributed by atoms with Crippen LogP contribution in [0.15, 0.2) is 36.4 Å². The summed E-state index contributed by atoms with van der Waals surface area (Å²) in [4.78, 5) is 24.4. The van der Waals surface area contributed by atoms with Crippen LogP contribution in [0.5, 0.6) is 0 Å². The normalized spacial score (nSPS) is 11.3. The Hall–Kier alpha value is -2.90. The number of alkyl halides is 3. The van der Waals surface area contributed by atoms with Crippen LogP contribution in [0.4, 0.5) is 17.6 Å². The van der Waals surface area contributed by atoms with E-state index in [2.05, 4.69) is 0 Å². The minimum atomic E-state index is -4.87. The lowest BCUT2D eigenvalue weighted by Gasteiger charge is -2.26. The summed E-state index contributed by atoms with van der Waals surface area (Å²) in [6.45, 7) is 3.29. The molecule has 0 spiro atoms. The van der Waals surface area contributed by atoms with E-state index >= 15 is 0 Å². The maximum absolute atomic E-state index is 14.9. The van der Waals surface area contributed by atoms with Gasteiger partial charge in [-0.15, -0.1) is 0 Å². The monoisotopic (exact) mass is 411 g/mol. The maximum Gasteiger partial charge on any atom is 0.416 e. The molecular formula is C21H21F4NO3. The van der Waals surface area contributed by atoms with Crippen molar-refractivity contribution in [3.8, 4) is 11.1 Å². The number of hydrogen-bond acceptors (Lipinski definition) is 3. The Balaban J connectivity index is 2.83. The van der Waals surface area contributed by atoms with Gasteiger partial charge in [0.1, 0.15) is 12.4 Å². The highest BCUT2D eigenvalue weighted by Crippen LogP contribution is 2.40. The number of carbonyl (C=O) groups excluding carboxylic acids is 2. The van der Waals surface area contributed by atoms with Crippen LogP contribution in [-0.2, 0) is 33.7 Å². The summed E-state index contributed by atoms with van der Waals surface area (Å²) in [7, 11) is 0. The number of rotatable bonds is 6. The lowest BCUT2D eigenvalue weighted by molar-refractivity contribution is -0.146. The van der Waals surface area contributed by atoms with Gasteiger partial charge in [0.25, 0.3) is 0 Å². The molecule has 0 aliphatic heterocycles. The molecule has 4 nitrogen and oxygen atoms in total. The number of esters is 1. The first kappa shape index (κ1) is 22.4. The summed E-state index contributed by atoms with van der Waals surface area (Å²) in [5.41, 5.74) is -1.34. The molecule has 0 saturated heterocycles. The Morgan fingerprint density at radius 1 is 1.07 bits per heavy atom. The Kier molecular flexibility index (Phi) is 7.00. The van der Waals surface area contributed by atoms with Gasteiger partial charge in [-0.3, -0.25) is 9.59 Å². The van der Waals surface area contributed by atoms with Crippen molar-refractivity contribution < 1.29 is 31.9 Å². The standard InChI is InChI=1S/C21H21F4NO3/c1-4-26(13(2)27)11-16-17(12-29-14(3)28)18(21(23,24)25)10-19(22)20(16)15-8-6-5-7-9-15/h5-10H,4,11-12H2,1-3H3. The molecule has 2 aromatic carbocycles. The zero-order chi connectivity index (χ0) is 21.8. The molecule has 0 aliphatic rings. The largest absolute Gasteiger partial charge is 0.461 e. The second kappa shape index (κ2) is 9.07. The number of carbonyl (C=O) groups is 2. The first-order chi connectivity index (χ1) is 13.6. The number of hydrogen-bond donors (Lipinski definition) is 0. The molecular weight excluding hydrogens is 390 g/mol. The molecule has 0 aromatic heterocycles. The van der Waals surface area contributed by atoms with E-state index < -0.39 is 30.1 Å². The summed E-state index contributed by atoms with van der Waals surface area (Å²) in [6.07, 6.45) is -4.87. The van der Waals surface area contributed by atoms with Crippen LogP contribution in [0.1, 0.15) is 37.5 Å². The molecule has 29 heavy (non-hydrogen) atoms.